The predicted octanol–water partition coefficient (Wildman–Crippen LogP) is 0.647. The molecule has 0 amide bonds. The zero-order valence-electron chi connectivity index (χ0n) is 6.85. The van der Waals surface area contributed by atoms with E-state index in [0.717, 1.165) is 11.2 Å². The van der Waals surface area contributed by atoms with Gasteiger partial charge in [-0.1, -0.05) is 0 Å². The summed E-state index contributed by atoms with van der Waals surface area (Å²) in [5.41, 5.74) is 0. The van der Waals surface area contributed by atoms with Gasteiger partial charge in [0.1, 0.15) is 0 Å². The molecule has 11 heavy (non-hydrogen) atoms. The third kappa shape index (κ3) is 1.85. The van der Waals surface area contributed by atoms with Crippen molar-refractivity contribution >= 4 is 20.1 Å². The molecular formula is C7H15IN2O. The van der Waals surface area contributed by atoms with Crippen molar-refractivity contribution in [2.24, 2.45) is 0 Å². The Morgan fingerprint density at radius 1 is 1.64 bits per heavy atom. The van der Waals surface area contributed by atoms with Gasteiger partial charge in [0.25, 0.3) is 0 Å². The van der Waals surface area contributed by atoms with Gasteiger partial charge in [0.15, 0.2) is 0 Å². The summed E-state index contributed by atoms with van der Waals surface area (Å²) in [5, 5.41) is 3.53. The van der Waals surface area contributed by atoms with Crippen LogP contribution in [-0.2, 0) is 4.74 Å². The topological polar surface area (TPSA) is 24.5 Å². The second kappa shape index (κ2) is 3.55. The number of fused-ring (bicyclic) bond motifs is 1. The molecule has 0 aromatic carbocycles. The first kappa shape index (κ1) is 8.22. The van der Waals surface area contributed by atoms with Crippen molar-refractivity contribution < 1.29 is 4.74 Å². The van der Waals surface area contributed by atoms with E-state index in [4.69, 9.17) is 4.74 Å². The van der Waals surface area contributed by atoms with Crippen LogP contribution in [0.4, 0.5) is 0 Å². The number of hydrogen-bond donors (Lipinski definition) is 1. The van der Waals surface area contributed by atoms with E-state index < -0.39 is 20.1 Å². The van der Waals surface area contributed by atoms with Gasteiger partial charge in [0, 0.05) is 0 Å². The van der Waals surface area contributed by atoms with Gasteiger partial charge >= 0.3 is 75.1 Å². The molecule has 4 heteroatoms. The van der Waals surface area contributed by atoms with E-state index in [-0.39, 0.29) is 0 Å². The average molecular weight is 270 g/mol. The number of alkyl halides is 2. The summed E-state index contributed by atoms with van der Waals surface area (Å²) in [6.07, 6.45) is 0. The van der Waals surface area contributed by atoms with Crippen LogP contribution in [0.15, 0.2) is 0 Å². The van der Waals surface area contributed by atoms with E-state index in [0.29, 0.717) is 6.04 Å². The number of nitrogens with zero attached hydrogens (tertiary/aromatic N) is 1. The molecule has 2 saturated heterocycles. The van der Waals surface area contributed by atoms with Gasteiger partial charge in [-0.05, 0) is 0 Å². The summed E-state index contributed by atoms with van der Waals surface area (Å²) < 4.78 is 10.5. The Hall–Kier alpha value is 0.610. The van der Waals surface area contributed by atoms with E-state index in [9.17, 15) is 0 Å². The molecule has 2 rings (SSSR count). The van der Waals surface area contributed by atoms with Crippen molar-refractivity contribution in [3.8, 4) is 0 Å². The fraction of sp³-hybridized carbons (Fsp3) is 1.00. The molecule has 1 atom stereocenters. The Morgan fingerprint density at radius 3 is 3.45 bits per heavy atom. The standard InChI is InChI=1S/C7H15IN2O/c1-7-4-10-2-3-11-6-8(10)5-9-7/h7,9H,2-6H2,1H3/t7-/m1/s1. The summed E-state index contributed by atoms with van der Waals surface area (Å²) in [5.74, 6) is 0. The van der Waals surface area contributed by atoms with E-state index in [2.05, 4.69) is 15.4 Å². The third-order valence-corrected chi connectivity index (χ3v) is 7.36. The summed E-state index contributed by atoms with van der Waals surface area (Å²) in [6, 6.07) is 0.696. The molecule has 2 heterocycles. The average Bonchev–Trinajstić information content (AvgIpc) is 2.04. The van der Waals surface area contributed by atoms with Crippen molar-refractivity contribution in [1.82, 2.24) is 8.43 Å². The minimum atomic E-state index is -0.840. The van der Waals surface area contributed by atoms with Crippen LogP contribution in [0.2, 0.25) is 0 Å². The summed E-state index contributed by atoms with van der Waals surface area (Å²) >= 11 is -0.840. The maximum absolute atomic E-state index is 5.46. The Balaban J connectivity index is 1.93. The molecule has 66 valence electrons. The fourth-order valence-corrected chi connectivity index (χ4v) is 6.59. The van der Waals surface area contributed by atoms with Gasteiger partial charge in [-0.2, -0.15) is 0 Å². The van der Waals surface area contributed by atoms with Crippen LogP contribution in [0, 0.1) is 0 Å². The molecule has 0 saturated carbocycles. The summed E-state index contributed by atoms with van der Waals surface area (Å²) in [4.78, 5) is 0. The van der Waals surface area contributed by atoms with Gasteiger partial charge in [-0.25, -0.2) is 0 Å². The Kier molecular flexibility index (Phi) is 2.65. The molecule has 0 aromatic rings. The van der Waals surface area contributed by atoms with Crippen LogP contribution < -0.4 is 5.32 Å². The number of nitrogens with one attached hydrogen (secondary N) is 1. The van der Waals surface area contributed by atoms with Crippen LogP contribution in [0.5, 0.6) is 0 Å². The first-order chi connectivity index (χ1) is 5.36. The molecule has 0 radical (unpaired) electrons. The first-order valence-electron chi connectivity index (χ1n) is 4.04. The monoisotopic (exact) mass is 270 g/mol. The van der Waals surface area contributed by atoms with E-state index in [1.54, 1.807) is 0 Å². The van der Waals surface area contributed by atoms with Crippen LogP contribution in [-0.4, -0.2) is 38.0 Å². The zero-order chi connectivity index (χ0) is 7.68. The van der Waals surface area contributed by atoms with Gasteiger partial charge in [-0.15, -0.1) is 0 Å². The molecule has 2 aliphatic heterocycles. The zero-order valence-corrected chi connectivity index (χ0v) is 9.00. The van der Waals surface area contributed by atoms with Crippen LogP contribution in [0.1, 0.15) is 6.92 Å². The van der Waals surface area contributed by atoms with Gasteiger partial charge < -0.3 is 0 Å². The Labute approximate surface area is 75.2 Å². The summed E-state index contributed by atoms with van der Waals surface area (Å²) in [6.45, 7) is 5.68. The SMILES string of the molecule is C[C@@H]1CN2CCOCI2CN1. The molecule has 1 N–H and O–H groups in total. The molecule has 0 aromatic heterocycles. The molecule has 0 unspecified atom stereocenters. The van der Waals surface area contributed by atoms with Gasteiger partial charge in [0.2, 0.25) is 0 Å². The van der Waals surface area contributed by atoms with Crippen LogP contribution in [0.25, 0.3) is 0 Å². The molecule has 3 nitrogen and oxygen atoms in total. The number of rotatable bonds is 0. The van der Waals surface area contributed by atoms with Crippen LogP contribution in [0.3, 0.4) is 0 Å². The molecule has 2 aliphatic rings. The number of halogens is 1. The van der Waals surface area contributed by atoms with Crippen molar-refractivity contribution in [3.63, 3.8) is 0 Å². The van der Waals surface area contributed by atoms with Crippen molar-refractivity contribution in [3.05, 3.63) is 0 Å². The minimum absolute atomic E-state index is 0.696. The normalized spacial score (nSPS) is 36.8. The Bertz CT molecular complexity index is 144. The molecule has 0 bridgehead atoms. The second-order valence-electron chi connectivity index (χ2n) is 3.05. The molecular weight excluding hydrogens is 255 g/mol. The number of hydrogen-bond acceptors (Lipinski definition) is 3. The summed E-state index contributed by atoms with van der Waals surface area (Å²) in [7, 11) is 0. The first-order valence-corrected chi connectivity index (χ1v) is 8.06. The predicted molar refractivity (Wildman–Crippen MR) is 53.9 cm³/mol. The van der Waals surface area contributed by atoms with Gasteiger partial charge in [-0.3, -0.25) is 0 Å². The van der Waals surface area contributed by atoms with E-state index in [1.807, 2.05) is 0 Å². The number of ether oxygens (including phenoxy) is 1. The molecule has 0 aliphatic carbocycles. The Morgan fingerprint density at radius 2 is 2.55 bits per heavy atom. The van der Waals surface area contributed by atoms with E-state index in [1.165, 1.54) is 17.6 Å². The molecule has 2 fully saturated rings. The van der Waals surface area contributed by atoms with Gasteiger partial charge in [0.05, 0.1) is 0 Å². The fourth-order valence-electron chi connectivity index (χ4n) is 1.39. The maximum atomic E-state index is 5.46. The third-order valence-electron chi connectivity index (χ3n) is 2.07. The van der Waals surface area contributed by atoms with Crippen molar-refractivity contribution in [2.75, 3.05) is 28.9 Å². The van der Waals surface area contributed by atoms with Crippen molar-refractivity contribution in [2.45, 2.75) is 13.0 Å². The van der Waals surface area contributed by atoms with Crippen molar-refractivity contribution in [1.29, 1.82) is 0 Å². The molecule has 0 spiro atoms. The second-order valence-corrected chi connectivity index (χ2v) is 8.25. The van der Waals surface area contributed by atoms with E-state index >= 15 is 0 Å². The quantitative estimate of drug-likeness (QED) is 0.303. The van der Waals surface area contributed by atoms with Crippen LogP contribution >= 0.6 is 20.1 Å².